The Morgan fingerprint density at radius 3 is 2.65 bits per heavy atom. The van der Waals surface area contributed by atoms with Gasteiger partial charge < -0.3 is 10.6 Å². The van der Waals surface area contributed by atoms with E-state index in [4.69, 9.17) is 11.6 Å². The van der Waals surface area contributed by atoms with Crippen molar-refractivity contribution in [3.8, 4) is 0 Å². The van der Waals surface area contributed by atoms with Crippen LogP contribution in [-0.4, -0.2) is 29.1 Å². The SMILES string of the molecule is O=C(CSc1ccc(Cl)cn1)NCC(=O)Nc1ccccc1Br. The molecule has 2 aromatic rings. The fraction of sp³-hybridized carbons (Fsp3) is 0.133. The molecule has 8 heteroatoms. The van der Waals surface area contributed by atoms with Gasteiger partial charge in [-0.05, 0) is 40.2 Å². The van der Waals surface area contributed by atoms with Crippen molar-refractivity contribution >= 4 is 56.8 Å². The molecule has 0 radical (unpaired) electrons. The molecular weight excluding hydrogens is 402 g/mol. The first-order chi connectivity index (χ1) is 11.0. The molecule has 2 rings (SSSR count). The van der Waals surface area contributed by atoms with Gasteiger partial charge in [0.15, 0.2) is 0 Å². The molecule has 120 valence electrons. The Balaban J connectivity index is 1.72. The number of benzene rings is 1. The standard InChI is InChI=1S/C15H13BrClN3O2S/c16-11-3-1-2-4-12(11)20-13(21)8-18-14(22)9-23-15-6-5-10(17)7-19-15/h1-7H,8-9H2,(H,18,22)(H,20,21). The van der Waals surface area contributed by atoms with Crippen LogP contribution in [0.5, 0.6) is 0 Å². The minimum absolute atomic E-state index is 0.0885. The molecule has 0 aliphatic rings. The number of halogens is 2. The summed E-state index contributed by atoms with van der Waals surface area (Å²) in [4.78, 5) is 27.6. The van der Waals surface area contributed by atoms with E-state index in [0.717, 1.165) is 4.47 Å². The van der Waals surface area contributed by atoms with Crippen LogP contribution >= 0.6 is 39.3 Å². The number of aromatic nitrogens is 1. The van der Waals surface area contributed by atoms with Crippen molar-refractivity contribution in [2.45, 2.75) is 5.03 Å². The molecule has 0 aliphatic carbocycles. The minimum atomic E-state index is -0.292. The number of carbonyl (C=O) groups is 2. The summed E-state index contributed by atoms with van der Waals surface area (Å²) in [6.07, 6.45) is 1.52. The first kappa shape index (κ1) is 17.8. The summed E-state index contributed by atoms with van der Waals surface area (Å²) in [5.41, 5.74) is 0.659. The average molecular weight is 415 g/mol. The van der Waals surface area contributed by atoms with Crippen LogP contribution in [0.15, 0.2) is 52.1 Å². The van der Waals surface area contributed by atoms with E-state index in [1.165, 1.54) is 18.0 Å². The number of hydrogen-bond donors (Lipinski definition) is 2. The molecule has 1 aromatic heterocycles. The predicted molar refractivity (Wildman–Crippen MR) is 95.8 cm³/mol. The zero-order chi connectivity index (χ0) is 16.7. The lowest BCUT2D eigenvalue weighted by atomic mass is 10.3. The Morgan fingerprint density at radius 2 is 1.96 bits per heavy atom. The lowest BCUT2D eigenvalue weighted by Crippen LogP contribution is -2.33. The molecule has 0 aliphatic heterocycles. The van der Waals surface area contributed by atoms with Crippen molar-refractivity contribution in [3.63, 3.8) is 0 Å². The van der Waals surface area contributed by atoms with Gasteiger partial charge in [-0.25, -0.2) is 4.98 Å². The number of pyridine rings is 1. The van der Waals surface area contributed by atoms with Gasteiger partial charge in [0.05, 0.1) is 28.0 Å². The summed E-state index contributed by atoms with van der Waals surface area (Å²) in [6.45, 7) is -0.0885. The van der Waals surface area contributed by atoms with Gasteiger partial charge in [-0.2, -0.15) is 0 Å². The summed E-state index contributed by atoms with van der Waals surface area (Å²) in [5, 5.41) is 6.51. The Labute approximate surface area is 151 Å². The second kappa shape index (κ2) is 8.90. The third kappa shape index (κ3) is 6.21. The van der Waals surface area contributed by atoms with Gasteiger partial charge in [-0.15, -0.1) is 0 Å². The number of hydrogen-bond acceptors (Lipinski definition) is 4. The maximum absolute atomic E-state index is 11.8. The van der Waals surface area contributed by atoms with Crippen LogP contribution in [0.4, 0.5) is 5.69 Å². The Hall–Kier alpha value is -1.57. The number of nitrogens with zero attached hydrogens (tertiary/aromatic N) is 1. The van der Waals surface area contributed by atoms with Crippen LogP contribution in [0.1, 0.15) is 0 Å². The Bertz CT molecular complexity index is 697. The van der Waals surface area contributed by atoms with Crippen molar-refractivity contribution in [1.29, 1.82) is 0 Å². The third-order valence-electron chi connectivity index (χ3n) is 2.65. The number of anilines is 1. The number of carbonyl (C=O) groups excluding carboxylic acids is 2. The Morgan fingerprint density at radius 1 is 1.17 bits per heavy atom. The lowest BCUT2D eigenvalue weighted by molar-refractivity contribution is -0.122. The fourth-order valence-electron chi connectivity index (χ4n) is 1.57. The van der Waals surface area contributed by atoms with E-state index in [2.05, 4.69) is 31.5 Å². The highest BCUT2D eigenvalue weighted by Crippen LogP contribution is 2.21. The first-order valence-electron chi connectivity index (χ1n) is 6.60. The molecule has 1 aromatic carbocycles. The van der Waals surface area contributed by atoms with Crippen molar-refractivity contribution in [1.82, 2.24) is 10.3 Å². The highest BCUT2D eigenvalue weighted by Gasteiger charge is 2.08. The summed E-state index contributed by atoms with van der Waals surface area (Å²) >= 11 is 10.4. The average Bonchev–Trinajstić information content (AvgIpc) is 2.54. The molecule has 1 heterocycles. The van der Waals surface area contributed by atoms with Gasteiger partial charge in [0.25, 0.3) is 0 Å². The molecule has 0 bridgehead atoms. The molecule has 0 unspecified atom stereocenters. The van der Waals surface area contributed by atoms with Gasteiger partial charge >= 0.3 is 0 Å². The van der Waals surface area contributed by atoms with Gasteiger partial charge in [-0.1, -0.05) is 35.5 Å². The maximum atomic E-state index is 11.8. The molecule has 0 fully saturated rings. The highest BCUT2D eigenvalue weighted by atomic mass is 79.9. The van der Waals surface area contributed by atoms with E-state index >= 15 is 0 Å². The molecule has 0 spiro atoms. The zero-order valence-electron chi connectivity index (χ0n) is 11.9. The zero-order valence-corrected chi connectivity index (χ0v) is 15.0. The highest BCUT2D eigenvalue weighted by molar-refractivity contribution is 9.10. The molecule has 2 amide bonds. The minimum Gasteiger partial charge on any atom is -0.346 e. The van der Waals surface area contributed by atoms with E-state index < -0.39 is 0 Å². The molecule has 2 N–H and O–H groups in total. The van der Waals surface area contributed by atoms with Crippen LogP contribution in [0.2, 0.25) is 5.02 Å². The van der Waals surface area contributed by atoms with Gasteiger partial charge in [0.2, 0.25) is 11.8 Å². The van der Waals surface area contributed by atoms with E-state index in [1.807, 2.05) is 18.2 Å². The lowest BCUT2D eigenvalue weighted by Gasteiger charge is -2.08. The summed E-state index contributed by atoms with van der Waals surface area (Å²) in [7, 11) is 0. The van der Waals surface area contributed by atoms with Crippen LogP contribution in [0, 0.1) is 0 Å². The molecule has 5 nitrogen and oxygen atoms in total. The van der Waals surface area contributed by atoms with Gasteiger partial charge in [0.1, 0.15) is 0 Å². The summed E-state index contributed by atoms with van der Waals surface area (Å²) in [6, 6.07) is 10.7. The number of thioether (sulfide) groups is 1. The molecule has 0 atom stereocenters. The van der Waals surface area contributed by atoms with Gasteiger partial charge in [0, 0.05) is 10.7 Å². The summed E-state index contributed by atoms with van der Waals surface area (Å²) in [5.74, 6) is -0.356. The molecular formula is C15H13BrClN3O2S. The number of rotatable bonds is 6. The second-order valence-corrected chi connectivity index (χ2v) is 6.69. The van der Waals surface area contributed by atoms with Crippen molar-refractivity contribution in [3.05, 3.63) is 52.1 Å². The monoisotopic (exact) mass is 413 g/mol. The van der Waals surface area contributed by atoms with E-state index in [-0.39, 0.29) is 24.1 Å². The van der Waals surface area contributed by atoms with E-state index in [9.17, 15) is 9.59 Å². The largest absolute Gasteiger partial charge is 0.346 e. The quantitative estimate of drug-likeness (QED) is 0.711. The second-order valence-electron chi connectivity index (χ2n) is 4.41. The van der Waals surface area contributed by atoms with Crippen LogP contribution < -0.4 is 10.6 Å². The van der Waals surface area contributed by atoms with Gasteiger partial charge in [-0.3, -0.25) is 9.59 Å². The normalized spacial score (nSPS) is 10.2. The van der Waals surface area contributed by atoms with Crippen molar-refractivity contribution in [2.75, 3.05) is 17.6 Å². The fourth-order valence-corrected chi connectivity index (χ4v) is 2.74. The summed E-state index contributed by atoms with van der Waals surface area (Å²) < 4.78 is 0.782. The smallest absolute Gasteiger partial charge is 0.243 e. The molecule has 0 saturated heterocycles. The van der Waals surface area contributed by atoms with Crippen LogP contribution in [0.3, 0.4) is 0 Å². The van der Waals surface area contributed by atoms with Crippen molar-refractivity contribution in [2.24, 2.45) is 0 Å². The first-order valence-corrected chi connectivity index (χ1v) is 8.75. The number of amides is 2. The number of nitrogens with one attached hydrogen (secondary N) is 2. The topological polar surface area (TPSA) is 71.1 Å². The van der Waals surface area contributed by atoms with E-state index in [0.29, 0.717) is 15.7 Å². The van der Waals surface area contributed by atoms with E-state index in [1.54, 1.807) is 18.2 Å². The van der Waals surface area contributed by atoms with Crippen molar-refractivity contribution < 1.29 is 9.59 Å². The number of para-hydroxylation sites is 1. The third-order valence-corrected chi connectivity index (χ3v) is 4.50. The van der Waals surface area contributed by atoms with Crippen LogP contribution in [0.25, 0.3) is 0 Å². The molecule has 0 saturated carbocycles. The maximum Gasteiger partial charge on any atom is 0.243 e. The predicted octanol–water partition coefficient (Wildman–Crippen LogP) is 3.34. The molecule has 23 heavy (non-hydrogen) atoms. The Kier molecular flexibility index (Phi) is 6.88. The van der Waals surface area contributed by atoms with Crippen LogP contribution in [-0.2, 0) is 9.59 Å².